The second kappa shape index (κ2) is 5.66. The van der Waals surface area contributed by atoms with E-state index in [0.717, 1.165) is 19.2 Å². The number of methoxy groups -OCH3 is 1. The van der Waals surface area contributed by atoms with Gasteiger partial charge in [0.15, 0.2) is 5.69 Å². The van der Waals surface area contributed by atoms with Gasteiger partial charge in [-0.3, -0.25) is 0 Å². The van der Waals surface area contributed by atoms with Gasteiger partial charge < -0.3 is 14.4 Å². The first-order valence-electron chi connectivity index (χ1n) is 5.92. The third kappa shape index (κ3) is 3.01. The highest BCUT2D eigenvalue weighted by molar-refractivity contribution is 5.87. The van der Waals surface area contributed by atoms with Crippen molar-refractivity contribution in [2.24, 2.45) is 0 Å². The number of aromatic nitrogens is 1. The minimum absolute atomic E-state index is 0.151. The summed E-state index contributed by atoms with van der Waals surface area (Å²) in [4.78, 5) is 16.7. The van der Waals surface area contributed by atoms with Gasteiger partial charge in [-0.1, -0.05) is 0 Å². The molecule has 0 atom stereocenters. The van der Waals surface area contributed by atoms with E-state index in [0.29, 0.717) is 26.3 Å². The zero-order chi connectivity index (χ0) is 14.8. The molecule has 0 aromatic carbocycles. The molecule has 1 aliphatic rings. The average Bonchev–Trinajstić information content (AvgIpc) is 2.45. The molecule has 2 rings (SSSR count). The van der Waals surface area contributed by atoms with E-state index in [1.165, 1.54) is 4.90 Å². The fraction of sp³-hybridized carbons (Fsp3) is 0.500. The van der Waals surface area contributed by atoms with Crippen LogP contribution in [0.25, 0.3) is 0 Å². The molecule has 20 heavy (non-hydrogen) atoms. The summed E-state index contributed by atoms with van der Waals surface area (Å²) in [5.41, 5.74) is -1.02. The third-order valence-corrected chi connectivity index (χ3v) is 2.89. The zero-order valence-electron chi connectivity index (χ0n) is 10.7. The van der Waals surface area contributed by atoms with E-state index in [9.17, 15) is 18.0 Å². The van der Waals surface area contributed by atoms with Crippen LogP contribution in [0.4, 0.5) is 19.0 Å². The third-order valence-electron chi connectivity index (χ3n) is 2.89. The number of halogens is 3. The standard InChI is InChI=1S/C12H13F3N2O3/c1-19-11(18)9-3-2-8(12(13,14)15)10(16-9)17-4-6-20-7-5-17/h2-3H,4-7H2,1H3. The predicted octanol–water partition coefficient (Wildman–Crippen LogP) is 1.72. The lowest BCUT2D eigenvalue weighted by Crippen LogP contribution is -2.38. The van der Waals surface area contributed by atoms with Crippen molar-refractivity contribution in [3.63, 3.8) is 0 Å². The molecule has 0 aliphatic carbocycles. The number of carbonyl (C=O) groups is 1. The van der Waals surface area contributed by atoms with Crippen LogP contribution in [0.1, 0.15) is 16.1 Å². The number of rotatable bonds is 2. The molecule has 0 bridgehead atoms. The van der Waals surface area contributed by atoms with Crippen LogP contribution in [0.2, 0.25) is 0 Å². The number of morpholine rings is 1. The predicted molar refractivity (Wildman–Crippen MR) is 63.6 cm³/mol. The van der Waals surface area contributed by atoms with Gasteiger partial charge >= 0.3 is 12.1 Å². The molecule has 1 aromatic rings. The number of hydrogen-bond acceptors (Lipinski definition) is 5. The number of anilines is 1. The molecule has 2 heterocycles. The summed E-state index contributed by atoms with van der Waals surface area (Å²) in [5, 5.41) is 0. The molecule has 0 N–H and O–H groups in total. The van der Waals surface area contributed by atoms with E-state index < -0.39 is 17.7 Å². The number of pyridine rings is 1. The maximum Gasteiger partial charge on any atom is 0.419 e. The molecule has 0 amide bonds. The Morgan fingerprint density at radius 1 is 1.35 bits per heavy atom. The first-order chi connectivity index (χ1) is 9.43. The number of ether oxygens (including phenoxy) is 2. The fourth-order valence-corrected chi connectivity index (χ4v) is 1.90. The van der Waals surface area contributed by atoms with Gasteiger partial charge in [-0.05, 0) is 12.1 Å². The summed E-state index contributed by atoms with van der Waals surface area (Å²) in [6.45, 7) is 1.23. The minimum Gasteiger partial charge on any atom is -0.464 e. The summed E-state index contributed by atoms with van der Waals surface area (Å²) in [5.74, 6) is -1.03. The summed E-state index contributed by atoms with van der Waals surface area (Å²) in [7, 11) is 1.15. The Balaban J connectivity index is 2.44. The van der Waals surface area contributed by atoms with Gasteiger partial charge in [0.05, 0.1) is 25.9 Å². The van der Waals surface area contributed by atoms with Crippen molar-refractivity contribution in [2.45, 2.75) is 6.18 Å². The van der Waals surface area contributed by atoms with Crippen LogP contribution in [0.5, 0.6) is 0 Å². The maximum atomic E-state index is 13.0. The van der Waals surface area contributed by atoms with Gasteiger partial charge in [-0.15, -0.1) is 0 Å². The van der Waals surface area contributed by atoms with Crippen LogP contribution in [-0.2, 0) is 15.7 Å². The van der Waals surface area contributed by atoms with Crippen LogP contribution < -0.4 is 4.90 Å². The molecule has 0 unspecified atom stereocenters. The van der Waals surface area contributed by atoms with E-state index in [1.54, 1.807) is 0 Å². The minimum atomic E-state index is -4.53. The maximum absolute atomic E-state index is 13.0. The highest BCUT2D eigenvalue weighted by atomic mass is 19.4. The van der Waals surface area contributed by atoms with Crippen LogP contribution in [0, 0.1) is 0 Å². The highest BCUT2D eigenvalue weighted by Crippen LogP contribution is 2.35. The van der Waals surface area contributed by atoms with Crippen LogP contribution >= 0.6 is 0 Å². The van der Waals surface area contributed by atoms with E-state index in [1.807, 2.05) is 0 Å². The van der Waals surface area contributed by atoms with E-state index in [-0.39, 0.29) is 11.5 Å². The summed E-state index contributed by atoms with van der Waals surface area (Å²) in [6, 6.07) is 1.86. The van der Waals surface area contributed by atoms with Gasteiger partial charge in [0, 0.05) is 13.1 Å². The molecule has 1 aromatic heterocycles. The summed E-state index contributed by atoms with van der Waals surface area (Å²) >= 11 is 0. The number of alkyl halides is 3. The zero-order valence-corrected chi connectivity index (χ0v) is 10.7. The van der Waals surface area contributed by atoms with E-state index in [2.05, 4.69) is 9.72 Å². The molecule has 0 saturated carbocycles. The van der Waals surface area contributed by atoms with Gasteiger partial charge in [-0.2, -0.15) is 13.2 Å². The van der Waals surface area contributed by atoms with Crippen LogP contribution in [0.15, 0.2) is 12.1 Å². The summed E-state index contributed by atoms with van der Waals surface area (Å²) in [6.07, 6.45) is -4.53. The van der Waals surface area contributed by atoms with Crippen LogP contribution in [-0.4, -0.2) is 44.4 Å². The van der Waals surface area contributed by atoms with E-state index in [4.69, 9.17) is 4.74 Å². The Morgan fingerprint density at radius 2 is 2.00 bits per heavy atom. The normalized spacial score (nSPS) is 16.1. The lowest BCUT2D eigenvalue weighted by molar-refractivity contribution is -0.137. The molecule has 8 heteroatoms. The molecular weight excluding hydrogens is 277 g/mol. The van der Waals surface area contributed by atoms with Crippen molar-refractivity contribution >= 4 is 11.8 Å². The number of nitrogens with zero attached hydrogens (tertiary/aromatic N) is 2. The quantitative estimate of drug-likeness (QED) is 0.776. The van der Waals surface area contributed by atoms with E-state index >= 15 is 0 Å². The Labute approximate surface area is 113 Å². The second-order valence-electron chi connectivity index (χ2n) is 4.16. The van der Waals surface area contributed by atoms with Crippen molar-refractivity contribution in [2.75, 3.05) is 38.3 Å². The average molecular weight is 290 g/mol. The number of esters is 1. The van der Waals surface area contributed by atoms with Gasteiger partial charge in [0.2, 0.25) is 0 Å². The summed E-state index contributed by atoms with van der Waals surface area (Å²) < 4.78 is 48.6. The lowest BCUT2D eigenvalue weighted by Gasteiger charge is -2.30. The van der Waals surface area contributed by atoms with Gasteiger partial charge in [0.25, 0.3) is 0 Å². The van der Waals surface area contributed by atoms with Gasteiger partial charge in [-0.25, -0.2) is 9.78 Å². The molecule has 5 nitrogen and oxygen atoms in total. The molecule has 1 saturated heterocycles. The Kier molecular flexibility index (Phi) is 4.12. The Bertz CT molecular complexity index is 499. The fourth-order valence-electron chi connectivity index (χ4n) is 1.90. The number of hydrogen-bond donors (Lipinski definition) is 0. The Hall–Kier alpha value is -1.83. The van der Waals surface area contributed by atoms with Crippen LogP contribution in [0.3, 0.4) is 0 Å². The van der Waals surface area contributed by atoms with Crippen molar-refractivity contribution in [1.82, 2.24) is 4.98 Å². The molecule has 0 radical (unpaired) electrons. The monoisotopic (exact) mass is 290 g/mol. The smallest absolute Gasteiger partial charge is 0.419 e. The van der Waals surface area contributed by atoms with Gasteiger partial charge in [0.1, 0.15) is 5.82 Å². The Morgan fingerprint density at radius 3 is 2.55 bits per heavy atom. The molecule has 110 valence electrons. The molecule has 1 aliphatic heterocycles. The first-order valence-corrected chi connectivity index (χ1v) is 5.92. The van der Waals surface area contributed by atoms with Crippen molar-refractivity contribution in [3.8, 4) is 0 Å². The van der Waals surface area contributed by atoms with Crippen molar-refractivity contribution < 1.29 is 27.4 Å². The topological polar surface area (TPSA) is 51.7 Å². The SMILES string of the molecule is COC(=O)c1ccc(C(F)(F)F)c(N2CCOCC2)n1. The first kappa shape index (κ1) is 14.6. The van der Waals surface area contributed by atoms with Crippen molar-refractivity contribution in [1.29, 1.82) is 0 Å². The second-order valence-corrected chi connectivity index (χ2v) is 4.16. The molecule has 1 fully saturated rings. The molecule has 0 spiro atoms. The lowest BCUT2D eigenvalue weighted by atomic mass is 10.2. The number of carbonyl (C=O) groups excluding carboxylic acids is 1. The highest BCUT2D eigenvalue weighted by Gasteiger charge is 2.36. The largest absolute Gasteiger partial charge is 0.464 e. The molecular formula is C12H13F3N2O3. The van der Waals surface area contributed by atoms with Crippen molar-refractivity contribution in [3.05, 3.63) is 23.4 Å².